The van der Waals surface area contributed by atoms with Crippen molar-refractivity contribution in [3.05, 3.63) is 108 Å². The lowest BCUT2D eigenvalue weighted by Crippen LogP contribution is -2.52. The van der Waals surface area contributed by atoms with Crippen LogP contribution in [-0.4, -0.2) is 56.0 Å². The van der Waals surface area contributed by atoms with Gasteiger partial charge < -0.3 is 34.4 Å². The topological polar surface area (TPSA) is 88.0 Å². The van der Waals surface area contributed by atoms with Gasteiger partial charge in [0.25, 0.3) is 0 Å². The van der Waals surface area contributed by atoms with Crippen LogP contribution in [0.3, 0.4) is 0 Å². The van der Waals surface area contributed by atoms with E-state index in [0.29, 0.717) is 39.5 Å². The Morgan fingerprint density at radius 2 is 1.40 bits per heavy atom. The lowest BCUT2D eigenvalue weighted by molar-refractivity contribution is -0.289. The maximum atomic E-state index is 6.62. The van der Waals surface area contributed by atoms with E-state index in [2.05, 4.69) is 53.6 Å². The molecule has 3 N–H and O–H groups in total. The molecule has 3 aromatic carbocycles. The number of fused-ring (bicyclic) bond motifs is 1. The highest BCUT2D eigenvalue weighted by atomic mass is 16.7. The third kappa shape index (κ3) is 9.73. The standard InChI is InChI=1S/C36H46N2O5/c37-20-11-1-2-12-21-39-27-35-33(41-25-28-13-5-3-6-14-28)23-34(42-26-29-15-7-4-8-16-29)36(43-35)40-22-19-30-24-38-32-18-10-9-17-31(30)32/h3-10,13-18,24,33-36,38H,1-2,11-12,19-23,25-27,37H2/t33-,34+,35+,36+/m0/s1. The highest BCUT2D eigenvalue weighted by molar-refractivity contribution is 5.83. The summed E-state index contributed by atoms with van der Waals surface area (Å²) in [5, 5.41) is 1.22. The van der Waals surface area contributed by atoms with Crippen LogP contribution in [0.2, 0.25) is 0 Å². The van der Waals surface area contributed by atoms with Crippen LogP contribution in [0.15, 0.2) is 91.1 Å². The van der Waals surface area contributed by atoms with Crippen molar-refractivity contribution in [2.75, 3.05) is 26.4 Å². The van der Waals surface area contributed by atoms with Crippen LogP contribution in [-0.2, 0) is 43.3 Å². The molecule has 1 aromatic heterocycles. The van der Waals surface area contributed by atoms with Crippen molar-refractivity contribution in [1.82, 2.24) is 4.98 Å². The summed E-state index contributed by atoms with van der Waals surface area (Å²) in [6.45, 7) is 3.38. The number of benzene rings is 3. The molecule has 0 aliphatic carbocycles. The molecule has 1 aliphatic heterocycles. The van der Waals surface area contributed by atoms with Crippen LogP contribution in [0.4, 0.5) is 0 Å². The zero-order valence-corrected chi connectivity index (χ0v) is 25.1. The van der Waals surface area contributed by atoms with E-state index >= 15 is 0 Å². The number of aromatic amines is 1. The second-order valence-corrected chi connectivity index (χ2v) is 11.2. The summed E-state index contributed by atoms with van der Waals surface area (Å²) in [4.78, 5) is 3.36. The molecule has 0 saturated carbocycles. The van der Waals surface area contributed by atoms with E-state index in [-0.39, 0.29) is 18.3 Å². The van der Waals surface area contributed by atoms with Gasteiger partial charge in [0.05, 0.1) is 32.5 Å². The minimum atomic E-state index is -0.524. The van der Waals surface area contributed by atoms with Crippen molar-refractivity contribution < 1.29 is 23.7 Å². The van der Waals surface area contributed by atoms with Gasteiger partial charge in [0, 0.05) is 30.1 Å². The Morgan fingerprint density at radius 1 is 0.721 bits per heavy atom. The summed E-state index contributed by atoms with van der Waals surface area (Å²) >= 11 is 0. The summed E-state index contributed by atoms with van der Waals surface area (Å²) in [6.07, 6.45) is 6.56. The molecule has 4 atom stereocenters. The van der Waals surface area contributed by atoms with E-state index in [9.17, 15) is 0 Å². The normalized spacial score (nSPS) is 20.5. The van der Waals surface area contributed by atoms with Crippen LogP contribution in [0.5, 0.6) is 0 Å². The first-order valence-electron chi connectivity index (χ1n) is 15.7. The van der Waals surface area contributed by atoms with Gasteiger partial charge in [-0.2, -0.15) is 0 Å². The molecule has 0 amide bonds. The molecule has 0 bridgehead atoms. The number of hydrogen-bond donors (Lipinski definition) is 2. The highest BCUT2D eigenvalue weighted by Crippen LogP contribution is 2.29. The molecule has 43 heavy (non-hydrogen) atoms. The quantitative estimate of drug-likeness (QED) is 0.129. The largest absolute Gasteiger partial charge is 0.379 e. The van der Waals surface area contributed by atoms with E-state index in [4.69, 9.17) is 29.4 Å². The molecule has 7 nitrogen and oxygen atoms in total. The minimum absolute atomic E-state index is 0.188. The van der Waals surface area contributed by atoms with E-state index in [0.717, 1.165) is 55.3 Å². The van der Waals surface area contributed by atoms with Gasteiger partial charge in [-0.25, -0.2) is 0 Å². The number of aromatic nitrogens is 1. The number of nitrogens with one attached hydrogen (secondary N) is 1. The molecule has 0 spiro atoms. The molecule has 0 unspecified atom stereocenters. The molecular weight excluding hydrogens is 540 g/mol. The summed E-state index contributed by atoms with van der Waals surface area (Å²) < 4.78 is 32.1. The van der Waals surface area contributed by atoms with Crippen LogP contribution < -0.4 is 5.73 Å². The average molecular weight is 587 g/mol. The van der Waals surface area contributed by atoms with Gasteiger partial charge in [-0.15, -0.1) is 0 Å². The Balaban J connectivity index is 1.24. The summed E-state index contributed by atoms with van der Waals surface area (Å²) in [5.41, 5.74) is 10.2. The number of H-pyrrole nitrogens is 1. The Morgan fingerprint density at radius 3 is 2.14 bits per heavy atom. The van der Waals surface area contributed by atoms with Gasteiger partial charge in [0.2, 0.25) is 0 Å². The first-order chi connectivity index (χ1) is 21.3. The zero-order chi connectivity index (χ0) is 29.5. The molecule has 1 fully saturated rings. The second kappa shape index (κ2) is 17.3. The van der Waals surface area contributed by atoms with Crippen molar-refractivity contribution in [3.63, 3.8) is 0 Å². The number of nitrogens with two attached hydrogens (primary N) is 1. The van der Waals surface area contributed by atoms with Gasteiger partial charge in [-0.1, -0.05) is 91.7 Å². The van der Waals surface area contributed by atoms with E-state index in [1.807, 2.05) is 42.5 Å². The van der Waals surface area contributed by atoms with Crippen molar-refractivity contribution in [2.24, 2.45) is 5.73 Å². The second-order valence-electron chi connectivity index (χ2n) is 11.2. The fourth-order valence-corrected chi connectivity index (χ4v) is 5.53. The Labute approximate surface area is 255 Å². The molecule has 1 aliphatic rings. The summed E-state index contributed by atoms with van der Waals surface area (Å²) in [6, 6.07) is 28.8. The number of para-hydroxylation sites is 1. The Hall–Kier alpha value is -3.04. The van der Waals surface area contributed by atoms with E-state index in [1.165, 1.54) is 10.9 Å². The number of hydrogen-bond acceptors (Lipinski definition) is 6. The summed E-state index contributed by atoms with van der Waals surface area (Å²) in [5.74, 6) is 0. The lowest BCUT2D eigenvalue weighted by Gasteiger charge is -2.41. The number of ether oxygens (including phenoxy) is 5. The maximum Gasteiger partial charge on any atom is 0.184 e. The number of rotatable bonds is 18. The first-order valence-corrected chi connectivity index (χ1v) is 15.7. The van der Waals surface area contributed by atoms with Crippen LogP contribution in [0, 0.1) is 0 Å². The van der Waals surface area contributed by atoms with Crippen molar-refractivity contribution in [2.45, 2.75) is 76.3 Å². The molecular formula is C36H46N2O5. The van der Waals surface area contributed by atoms with Crippen molar-refractivity contribution in [1.29, 1.82) is 0 Å². The van der Waals surface area contributed by atoms with Crippen molar-refractivity contribution >= 4 is 10.9 Å². The van der Waals surface area contributed by atoms with Gasteiger partial charge in [-0.05, 0) is 48.6 Å². The maximum absolute atomic E-state index is 6.62. The van der Waals surface area contributed by atoms with Gasteiger partial charge in [0.15, 0.2) is 6.29 Å². The van der Waals surface area contributed by atoms with Gasteiger partial charge in [0.1, 0.15) is 12.2 Å². The van der Waals surface area contributed by atoms with Gasteiger partial charge >= 0.3 is 0 Å². The molecule has 2 heterocycles. The SMILES string of the molecule is NCCCCCCOC[C@H]1O[C@@H](OCCc2c[nH]c3ccccc23)[C@H](OCc2ccccc2)C[C@@H]1OCc1ccccc1. The third-order valence-electron chi connectivity index (χ3n) is 7.96. The Kier molecular flexibility index (Phi) is 12.6. The van der Waals surface area contributed by atoms with E-state index in [1.54, 1.807) is 0 Å². The fraction of sp³-hybridized carbons (Fsp3) is 0.444. The summed E-state index contributed by atoms with van der Waals surface area (Å²) in [7, 11) is 0. The Bertz CT molecular complexity index is 1310. The zero-order valence-electron chi connectivity index (χ0n) is 25.1. The van der Waals surface area contributed by atoms with Gasteiger partial charge in [-0.3, -0.25) is 0 Å². The predicted octanol–water partition coefficient (Wildman–Crippen LogP) is 6.55. The average Bonchev–Trinajstić information content (AvgIpc) is 3.47. The molecule has 4 aromatic rings. The molecule has 1 saturated heterocycles. The monoisotopic (exact) mass is 586 g/mol. The highest BCUT2D eigenvalue weighted by Gasteiger charge is 2.40. The third-order valence-corrected chi connectivity index (χ3v) is 7.96. The minimum Gasteiger partial charge on any atom is -0.379 e. The molecule has 0 radical (unpaired) electrons. The number of unbranched alkanes of at least 4 members (excludes halogenated alkanes) is 3. The molecule has 5 rings (SSSR count). The van der Waals surface area contributed by atoms with Crippen LogP contribution >= 0.6 is 0 Å². The van der Waals surface area contributed by atoms with E-state index < -0.39 is 6.29 Å². The van der Waals surface area contributed by atoms with Crippen LogP contribution in [0.25, 0.3) is 10.9 Å². The van der Waals surface area contributed by atoms with Crippen molar-refractivity contribution in [3.8, 4) is 0 Å². The first kappa shape index (κ1) is 31.4. The molecule has 230 valence electrons. The molecule has 7 heteroatoms. The van der Waals surface area contributed by atoms with Crippen LogP contribution in [0.1, 0.15) is 48.8 Å². The fourth-order valence-electron chi connectivity index (χ4n) is 5.53. The smallest absolute Gasteiger partial charge is 0.184 e. The lowest BCUT2D eigenvalue weighted by atomic mass is 10.0. The predicted molar refractivity (Wildman–Crippen MR) is 170 cm³/mol.